The van der Waals surface area contributed by atoms with Crippen molar-refractivity contribution in [2.24, 2.45) is 13.0 Å². The Balaban J connectivity index is 1.38. The lowest BCUT2D eigenvalue weighted by Crippen LogP contribution is -2.40. The Kier molecular flexibility index (Phi) is 6.43. The second kappa shape index (κ2) is 9.47. The van der Waals surface area contributed by atoms with E-state index in [2.05, 4.69) is 25.8 Å². The van der Waals surface area contributed by atoms with Crippen molar-refractivity contribution in [3.63, 3.8) is 0 Å². The van der Waals surface area contributed by atoms with E-state index < -0.39 is 48.6 Å². The Morgan fingerprint density at radius 2 is 2.03 bits per heavy atom. The number of benzene rings is 1. The highest BCUT2D eigenvalue weighted by atomic mass is 19.4. The van der Waals surface area contributed by atoms with E-state index in [1.165, 1.54) is 7.05 Å². The number of carbonyl (C=O) groups excluding carboxylic acids is 2. The van der Waals surface area contributed by atoms with E-state index in [4.69, 9.17) is 4.42 Å². The van der Waals surface area contributed by atoms with Gasteiger partial charge in [-0.25, -0.2) is 23.2 Å². The van der Waals surface area contributed by atoms with Gasteiger partial charge < -0.3 is 20.0 Å². The number of carbonyl (C=O) groups is 2. The van der Waals surface area contributed by atoms with Gasteiger partial charge in [-0.05, 0) is 46.9 Å². The average Bonchev–Trinajstić information content (AvgIpc) is 3.56. The molecule has 16 heteroatoms. The zero-order valence-electron chi connectivity index (χ0n) is 20.0. The van der Waals surface area contributed by atoms with E-state index in [0.717, 1.165) is 9.58 Å². The summed E-state index contributed by atoms with van der Waals surface area (Å²) in [6, 6.07) is 1.07. The summed E-state index contributed by atoms with van der Waals surface area (Å²) in [7, 11) is 1.48. The van der Waals surface area contributed by atoms with Crippen molar-refractivity contribution >= 4 is 23.0 Å². The van der Waals surface area contributed by atoms with Crippen molar-refractivity contribution in [2.75, 3.05) is 6.54 Å². The second-order valence-corrected chi connectivity index (χ2v) is 9.55. The molecule has 1 aliphatic heterocycles. The highest BCUT2D eigenvalue weighted by Gasteiger charge is 2.47. The normalized spacial score (nSPS) is 21.1. The van der Waals surface area contributed by atoms with Crippen LogP contribution in [0.15, 0.2) is 22.6 Å². The maximum Gasteiger partial charge on any atom is 0.410 e. The van der Waals surface area contributed by atoms with Gasteiger partial charge in [0.15, 0.2) is 5.58 Å². The summed E-state index contributed by atoms with van der Waals surface area (Å²) < 4.78 is 73.6. The molecule has 1 aromatic carbocycles. The molecule has 3 aromatic rings. The number of oxazole rings is 1. The van der Waals surface area contributed by atoms with Gasteiger partial charge in [-0.1, -0.05) is 6.07 Å². The minimum atomic E-state index is -4.56. The van der Waals surface area contributed by atoms with Gasteiger partial charge in [-0.15, -0.1) is 5.10 Å². The van der Waals surface area contributed by atoms with Crippen molar-refractivity contribution in [3.8, 4) is 0 Å². The highest BCUT2D eigenvalue weighted by Crippen LogP contribution is 2.42. The number of nitrogens with zero attached hydrogens (tertiary/aromatic N) is 6. The van der Waals surface area contributed by atoms with Gasteiger partial charge >= 0.3 is 12.2 Å². The van der Waals surface area contributed by atoms with Gasteiger partial charge in [0.1, 0.15) is 17.6 Å². The molecule has 0 bridgehead atoms. The van der Waals surface area contributed by atoms with Crippen molar-refractivity contribution in [3.05, 3.63) is 35.5 Å². The van der Waals surface area contributed by atoms with Crippen LogP contribution >= 0.6 is 0 Å². The Bertz CT molecular complexity index is 1350. The number of fused-ring (bicyclic) bond motifs is 1. The van der Waals surface area contributed by atoms with E-state index in [1.54, 1.807) is 18.2 Å². The van der Waals surface area contributed by atoms with Crippen LogP contribution in [0.5, 0.6) is 0 Å². The standard InChI is InChI=1S/C22H23F5N8O3/c1-34-17(31-32-33-34)18(36)30-16(12-4-6-21(23,24)7-5-12)19-28-13-8-11(2-3-14(13)38-19)9-35-10-15(22(25,26)27)29-20(35)37/h2-3,8,12,15-16H,4-7,9-10H2,1H3,(H,29,37)(H,30,36)/t15-,16-/m0/s1. The molecule has 0 radical (unpaired) electrons. The number of nitrogens with one attached hydrogen (secondary N) is 2. The smallest absolute Gasteiger partial charge is 0.410 e. The maximum atomic E-state index is 13.8. The number of alkyl halides is 5. The van der Waals surface area contributed by atoms with Gasteiger partial charge in [-0.3, -0.25) is 4.79 Å². The van der Waals surface area contributed by atoms with Gasteiger partial charge in [0.05, 0.1) is 6.54 Å². The lowest BCUT2D eigenvalue weighted by atomic mass is 9.82. The molecule has 2 atom stereocenters. The Morgan fingerprint density at radius 3 is 2.66 bits per heavy atom. The Labute approximate surface area is 211 Å². The molecule has 2 N–H and O–H groups in total. The molecule has 1 saturated heterocycles. The lowest BCUT2D eigenvalue weighted by Gasteiger charge is -2.32. The molecule has 2 fully saturated rings. The third-order valence-electron chi connectivity index (χ3n) is 6.83. The average molecular weight is 542 g/mol. The van der Waals surface area contributed by atoms with Crippen LogP contribution in [0.25, 0.3) is 11.1 Å². The molecule has 38 heavy (non-hydrogen) atoms. The van der Waals surface area contributed by atoms with Crippen LogP contribution < -0.4 is 10.6 Å². The third-order valence-corrected chi connectivity index (χ3v) is 6.83. The molecule has 3 amide bonds. The second-order valence-electron chi connectivity index (χ2n) is 9.55. The van der Waals surface area contributed by atoms with Crippen LogP contribution in [-0.4, -0.2) is 66.7 Å². The summed E-state index contributed by atoms with van der Waals surface area (Å²) in [5.74, 6) is -3.83. The monoisotopic (exact) mass is 542 g/mol. The zero-order valence-corrected chi connectivity index (χ0v) is 20.0. The summed E-state index contributed by atoms with van der Waals surface area (Å²) in [6.07, 6.45) is -5.03. The van der Waals surface area contributed by atoms with Crippen molar-refractivity contribution < 1.29 is 36.0 Å². The van der Waals surface area contributed by atoms with E-state index >= 15 is 0 Å². The first-order valence-corrected chi connectivity index (χ1v) is 11.8. The number of hydrogen-bond donors (Lipinski definition) is 2. The molecular formula is C22H23F5N8O3. The first kappa shape index (κ1) is 25.8. The van der Waals surface area contributed by atoms with Crippen LogP contribution in [0.2, 0.25) is 0 Å². The molecule has 0 unspecified atom stereocenters. The van der Waals surface area contributed by atoms with Crippen LogP contribution in [0.3, 0.4) is 0 Å². The van der Waals surface area contributed by atoms with Gasteiger partial charge in [-0.2, -0.15) is 13.2 Å². The number of urea groups is 1. The first-order valence-electron chi connectivity index (χ1n) is 11.8. The Morgan fingerprint density at radius 1 is 1.29 bits per heavy atom. The van der Waals surface area contributed by atoms with Gasteiger partial charge in [0.2, 0.25) is 17.6 Å². The molecular weight excluding hydrogens is 519 g/mol. The number of amides is 3. The number of aromatic nitrogens is 5. The minimum absolute atomic E-state index is 0.0874. The van der Waals surface area contributed by atoms with E-state index in [0.29, 0.717) is 16.7 Å². The van der Waals surface area contributed by atoms with Crippen molar-refractivity contribution in [2.45, 2.75) is 56.4 Å². The summed E-state index contributed by atoms with van der Waals surface area (Å²) in [4.78, 5) is 30.4. The fourth-order valence-electron chi connectivity index (χ4n) is 4.76. The minimum Gasteiger partial charge on any atom is -0.438 e. The molecule has 5 rings (SSSR count). The number of rotatable bonds is 6. The lowest BCUT2D eigenvalue weighted by molar-refractivity contribution is -0.149. The molecule has 204 valence electrons. The number of aryl methyl sites for hydroxylation is 1. The van der Waals surface area contributed by atoms with E-state index in [-0.39, 0.29) is 43.9 Å². The van der Waals surface area contributed by atoms with Crippen LogP contribution in [0.1, 0.15) is 53.8 Å². The number of hydrogen-bond acceptors (Lipinski definition) is 7. The zero-order chi connectivity index (χ0) is 27.2. The quantitative estimate of drug-likeness (QED) is 0.458. The largest absolute Gasteiger partial charge is 0.438 e. The molecule has 2 aliphatic rings. The summed E-state index contributed by atoms with van der Waals surface area (Å²) in [5, 5.41) is 15.4. The predicted octanol–water partition coefficient (Wildman–Crippen LogP) is 3.10. The van der Waals surface area contributed by atoms with Crippen LogP contribution in [0.4, 0.5) is 26.7 Å². The van der Waals surface area contributed by atoms with Crippen molar-refractivity contribution in [1.82, 2.24) is 40.7 Å². The number of tetrazole rings is 1. The molecule has 11 nitrogen and oxygen atoms in total. The first-order chi connectivity index (χ1) is 17.9. The summed E-state index contributed by atoms with van der Waals surface area (Å²) in [5.41, 5.74) is 1.17. The fourth-order valence-corrected chi connectivity index (χ4v) is 4.76. The van der Waals surface area contributed by atoms with E-state index in [1.807, 2.05) is 5.32 Å². The molecule has 0 spiro atoms. The number of halogens is 5. The van der Waals surface area contributed by atoms with Crippen molar-refractivity contribution in [1.29, 1.82) is 0 Å². The maximum absolute atomic E-state index is 13.8. The van der Waals surface area contributed by atoms with Crippen LogP contribution in [0, 0.1) is 5.92 Å². The molecule has 2 aromatic heterocycles. The third kappa shape index (κ3) is 5.24. The molecule has 1 aliphatic carbocycles. The summed E-state index contributed by atoms with van der Waals surface area (Å²) >= 11 is 0. The SMILES string of the molecule is Cn1nnnc1C(=O)N[C@H](c1nc2cc(CN3C[C@@H](C(F)(F)F)NC3=O)ccc2o1)C1CCC(F)(F)CC1. The fraction of sp³-hybridized carbons (Fsp3) is 0.545. The highest BCUT2D eigenvalue weighted by molar-refractivity contribution is 5.90. The molecule has 3 heterocycles. The van der Waals surface area contributed by atoms with Gasteiger partial charge in [0.25, 0.3) is 5.91 Å². The van der Waals surface area contributed by atoms with Crippen LogP contribution in [-0.2, 0) is 13.6 Å². The predicted molar refractivity (Wildman–Crippen MR) is 119 cm³/mol. The van der Waals surface area contributed by atoms with Gasteiger partial charge in [0, 0.05) is 26.4 Å². The Hall–Kier alpha value is -3.85. The summed E-state index contributed by atoms with van der Waals surface area (Å²) in [6.45, 7) is -0.616. The molecule has 1 saturated carbocycles. The van der Waals surface area contributed by atoms with E-state index in [9.17, 15) is 31.5 Å². The topological polar surface area (TPSA) is 131 Å².